The third-order valence-electron chi connectivity index (χ3n) is 1.60. The Hall–Kier alpha value is -1.02. The molecule has 70 valence electrons. The lowest BCUT2D eigenvalue weighted by atomic mass is 10.1. The van der Waals surface area contributed by atoms with E-state index in [0.29, 0.717) is 23.8 Å². The standard InChI is InChI=1S/C10H11ClO2/c1-8(12)9-4-2-3-5-10(9)13-7-6-11/h2-5H,6-7H2,1H3. The molecule has 0 radical (unpaired) electrons. The fraction of sp³-hybridized carbons (Fsp3) is 0.300. The summed E-state index contributed by atoms with van der Waals surface area (Å²) in [7, 11) is 0. The zero-order valence-electron chi connectivity index (χ0n) is 7.42. The highest BCUT2D eigenvalue weighted by Gasteiger charge is 2.06. The van der Waals surface area contributed by atoms with Crippen LogP contribution in [-0.4, -0.2) is 18.3 Å². The van der Waals surface area contributed by atoms with Crippen molar-refractivity contribution in [1.82, 2.24) is 0 Å². The minimum atomic E-state index is 0.00479. The number of carbonyl (C=O) groups excluding carboxylic acids is 1. The van der Waals surface area contributed by atoms with E-state index in [9.17, 15) is 4.79 Å². The Kier molecular flexibility index (Phi) is 3.77. The lowest BCUT2D eigenvalue weighted by Gasteiger charge is -2.07. The highest BCUT2D eigenvalue weighted by atomic mass is 35.5. The maximum absolute atomic E-state index is 11.1. The van der Waals surface area contributed by atoms with Crippen molar-refractivity contribution in [3.05, 3.63) is 29.8 Å². The van der Waals surface area contributed by atoms with Gasteiger partial charge in [-0.15, -0.1) is 11.6 Å². The van der Waals surface area contributed by atoms with E-state index in [4.69, 9.17) is 16.3 Å². The number of benzene rings is 1. The molecule has 0 aromatic heterocycles. The summed E-state index contributed by atoms with van der Waals surface area (Å²) in [5, 5.41) is 0. The normalized spacial score (nSPS) is 9.69. The zero-order chi connectivity index (χ0) is 9.68. The molecule has 1 rings (SSSR count). The van der Waals surface area contributed by atoms with Crippen molar-refractivity contribution in [2.45, 2.75) is 6.92 Å². The summed E-state index contributed by atoms with van der Waals surface area (Å²) in [5.41, 5.74) is 0.604. The number of rotatable bonds is 4. The van der Waals surface area contributed by atoms with Crippen LogP contribution in [-0.2, 0) is 0 Å². The van der Waals surface area contributed by atoms with Gasteiger partial charge in [-0.3, -0.25) is 4.79 Å². The number of hydrogen-bond acceptors (Lipinski definition) is 2. The van der Waals surface area contributed by atoms with Gasteiger partial charge in [-0.05, 0) is 19.1 Å². The lowest BCUT2D eigenvalue weighted by molar-refractivity contribution is 0.101. The number of ether oxygens (including phenoxy) is 1. The second-order valence-corrected chi connectivity index (χ2v) is 2.97. The minimum absolute atomic E-state index is 0.00479. The van der Waals surface area contributed by atoms with Crippen molar-refractivity contribution >= 4 is 17.4 Å². The molecule has 0 spiro atoms. The number of ketones is 1. The first-order chi connectivity index (χ1) is 6.25. The summed E-state index contributed by atoms with van der Waals surface area (Å²) >= 11 is 5.47. The first-order valence-electron chi connectivity index (χ1n) is 4.04. The molecule has 2 nitrogen and oxygen atoms in total. The minimum Gasteiger partial charge on any atom is -0.492 e. The van der Waals surface area contributed by atoms with Crippen molar-refractivity contribution in [3.8, 4) is 5.75 Å². The van der Waals surface area contributed by atoms with Crippen LogP contribution in [0, 0.1) is 0 Å². The summed E-state index contributed by atoms with van der Waals surface area (Å²) < 4.78 is 5.29. The Labute approximate surface area is 82.5 Å². The van der Waals surface area contributed by atoms with Gasteiger partial charge in [0.05, 0.1) is 11.4 Å². The molecule has 0 heterocycles. The van der Waals surface area contributed by atoms with Gasteiger partial charge in [0, 0.05) is 0 Å². The fourth-order valence-corrected chi connectivity index (χ4v) is 1.11. The molecule has 0 aliphatic rings. The number of alkyl halides is 1. The lowest BCUT2D eigenvalue weighted by Crippen LogP contribution is -2.03. The quantitative estimate of drug-likeness (QED) is 0.549. The van der Waals surface area contributed by atoms with Crippen LogP contribution in [0.15, 0.2) is 24.3 Å². The molecule has 0 aliphatic carbocycles. The van der Waals surface area contributed by atoms with Crippen LogP contribution in [0.5, 0.6) is 5.75 Å². The van der Waals surface area contributed by atoms with E-state index in [-0.39, 0.29) is 5.78 Å². The summed E-state index contributed by atoms with van der Waals surface area (Å²) in [5.74, 6) is 1.03. The van der Waals surface area contributed by atoms with Gasteiger partial charge in [-0.2, -0.15) is 0 Å². The molecule has 1 aromatic rings. The predicted molar refractivity (Wildman–Crippen MR) is 52.7 cm³/mol. The zero-order valence-corrected chi connectivity index (χ0v) is 8.17. The molecular formula is C10H11ClO2. The van der Waals surface area contributed by atoms with E-state index in [2.05, 4.69) is 0 Å². The van der Waals surface area contributed by atoms with E-state index < -0.39 is 0 Å². The smallest absolute Gasteiger partial charge is 0.163 e. The van der Waals surface area contributed by atoms with Crippen molar-refractivity contribution < 1.29 is 9.53 Å². The Morgan fingerprint density at radius 3 is 2.77 bits per heavy atom. The average Bonchev–Trinajstić information content (AvgIpc) is 2.15. The summed E-state index contributed by atoms with van der Waals surface area (Å²) in [6.07, 6.45) is 0. The first kappa shape index (κ1) is 10.1. The fourth-order valence-electron chi connectivity index (χ4n) is 1.03. The average molecular weight is 199 g/mol. The molecule has 0 aliphatic heterocycles. The first-order valence-corrected chi connectivity index (χ1v) is 4.58. The van der Waals surface area contributed by atoms with Crippen LogP contribution in [0.2, 0.25) is 0 Å². The number of para-hydroxylation sites is 1. The topological polar surface area (TPSA) is 26.3 Å². The van der Waals surface area contributed by atoms with Crippen LogP contribution in [0.25, 0.3) is 0 Å². The maximum Gasteiger partial charge on any atom is 0.163 e. The van der Waals surface area contributed by atoms with Gasteiger partial charge in [0.25, 0.3) is 0 Å². The summed E-state index contributed by atoms with van der Waals surface area (Å²) in [4.78, 5) is 11.1. The van der Waals surface area contributed by atoms with Crippen LogP contribution in [0.4, 0.5) is 0 Å². The molecule has 0 N–H and O–H groups in total. The van der Waals surface area contributed by atoms with Gasteiger partial charge in [-0.25, -0.2) is 0 Å². The molecule has 0 saturated heterocycles. The molecule has 0 fully saturated rings. The van der Waals surface area contributed by atoms with Crippen molar-refractivity contribution in [1.29, 1.82) is 0 Å². The Morgan fingerprint density at radius 2 is 2.15 bits per heavy atom. The van der Waals surface area contributed by atoms with E-state index in [1.807, 2.05) is 12.1 Å². The van der Waals surface area contributed by atoms with E-state index in [1.54, 1.807) is 12.1 Å². The third kappa shape index (κ3) is 2.74. The van der Waals surface area contributed by atoms with Gasteiger partial charge >= 0.3 is 0 Å². The molecule has 13 heavy (non-hydrogen) atoms. The molecule has 0 amide bonds. The number of hydrogen-bond donors (Lipinski definition) is 0. The second kappa shape index (κ2) is 4.87. The molecule has 1 aromatic carbocycles. The van der Waals surface area contributed by atoms with Gasteiger partial charge < -0.3 is 4.74 Å². The van der Waals surface area contributed by atoms with Gasteiger partial charge in [0.2, 0.25) is 0 Å². The molecule has 0 unspecified atom stereocenters. The van der Waals surface area contributed by atoms with Gasteiger partial charge in [0.1, 0.15) is 12.4 Å². The molecule has 0 bridgehead atoms. The Balaban J connectivity index is 2.84. The number of carbonyl (C=O) groups is 1. The van der Waals surface area contributed by atoms with E-state index >= 15 is 0 Å². The molecule has 0 atom stereocenters. The molecule has 0 saturated carbocycles. The summed E-state index contributed by atoms with van der Waals surface area (Å²) in [6.45, 7) is 1.94. The van der Waals surface area contributed by atoms with Crippen LogP contribution in [0.3, 0.4) is 0 Å². The van der Waals surface area contributed by atoms with Gasteiger partial charge in [-0.1, -0.05) is 12.1 Å². The van der Waals surface area contributed by atoms with E-state index in [0.717, 1.165) is 0 Å². The second-order valence-electron chi connectivity index (χ2n) is 2.59. The summed E-state index contributed by atoms with van der Waals surface area (Å²) in [6, 6.07) is 7.15. The predicted octanol–water partition coefficient (Wildman–Crippen LogP) is 2.51. The Bertz CT molecular complexity index is 297. The SMILES string of the molecule is CC(=O)c1ccccc1OCCCl. The number of halogens is 1. The highest BCUT2D eigenvalue weighted by molar-refractivity contribution is 6.18. The van der Waals surface area contributed by atoms with Crippen LogP contribution >= 0.6 is 11.6 Å². The largest absolute Gasteiger partial charge is 0.492 e. The monoisotopic (exact) mass is 198 g/mol. The Morgan fingerprint density at radius 1 is 1.46 bits per heavy atom. The van der Waals surface area contributed by atoms with Crippen molar-refractivity contribution in [3.63, 3.8) is 0 Å². The van der Waals surface area contributed by atoms with E-state index in [1.165, 1.54) is 6.92 Å². The highest BCUT2D eigenvalue weighted by Crippen LogP contribution is 2.18. The number of Topliss-reactive ketones (excluding diaryl/α,β-unsaturated/α-hetero) is 1. The molecular weight excluding hydrogens is 188 g/mol. The van der Waals surface area contributed by atoms with Gasteiger partial charge in [0.15, 0.2) is 5.78 Å². The van der Waals surface area contributed by atoms with Crippen molar-refractivity contribution in [2.75, 3.05) is 12.5 Å². The van der Waals surface area contributed by atoms with Crippen LogP contribution in [0.1, 0.15) is 17.3 Å². The maximum atomic E-state index is 11.1. The van der Waals surface area contributed by atoms with Crippen LogP contribution < -0.4 is 4.74 Å². The van der Waals surface area contributed by atoms with Crippen molar-refractivity contribution in [2.24, 2.45) is 0 Å². The third-order valence-corrected chi connectivity index (χ3v) is 1.76. The molecule has 3 heteroatoms.